The van der Waals surface area contributed by atoms with Crippen LogP contribution in [0.4, 0.5) is 0 Å². The molecule has 4 heteroatoms. The Kier molecular flexibility index (Phi) is 6.11. The molecule has 1 N–H and O–H groups in total. The standard InChI is InChI=1S/C8H16ClNO2/c1-4-6(2)10-5-7(9)8(11)12-3/h6-7,10H,4-5H2,1-3H3. The molecule has 0 saturated heterocycles. The molecule has 0 fully saturated rings. The van der Waals surface area contributed by atoms with E-state index in [0.717, 1.165) is 6.42 Å². The van der Waals surface area contributed by atoms with Crippen LogP contribution in [0, 0.1) is 0 Å². The molecule has 0 aliphatic heterocycles. The third kappa shape index (κ3) is 4.57. The van der Waals surface area contributed by atoms with Crippen molar-refractivity contribution in [2.24, 2.45) is 0 Å². The summed E-state index contributed by atoms with van der Waals surface area (Å²) in [6.07, 6.45) is 1.02. The fraction of sp³-hybridized carbons (Fsp3) is 0.875. The molecule has 0 aromatic heterocycles. The van der Waals surface area contributed by atoms with E-state index in [0.29, 0.717) is 12.6 Å². The molecular formula is C8H16ClNO2. The molecule has 0 rings (SSSR count). The van der Waals surface area contributed by atoms with Gasteiger partial charge in [0.15, 0.2) is 0 Å². The first-order valence-corrected chi connectivity index (χ1v) is 4.50. The molecule has 0 aliphatic rings. The van der Waals surface area contributed by atoms with Gasteiger partial charge in [0.05, 0.1) is 7.11 Å². The molecule has 12 heavy (non-hydrogen) atoms. The number of hydrogen-bond donors (Lipinski definition) is 1. The van der Waals surface area contributed by atoms with E-state index < -0.39 is 5.38 Å². The van der Waals surface area contributed by atoms with Crippen LogP contribution < -0.4 is 5.32 Å². The summed E-state index contributed by atoms with van der Waals surface area (Å²) in [4.78, 5) is 10.8. The fourth-order valence-electron chi connectivity index (χ4n) is 0.660. The maximum atomic E-state index is 10.8. The average molecular weight is 194 g/mol. The highest BCUT2D eigenvalue weighted by Crippen LogP contribution is 1.98. The molecule has 0 bridgehead atoms. The van der Waals surface area contributed by atoms with Gasteiger partial charge in [-0.05, 0) is 13.3 Å². The Morgan fingerprint density at radius 3 is 2.67 bits per heavy atom. The van der Waals surface area contributed by atoms with Crippen LogP contribution in [0.2, 0.25) is 0 Å². The van der Waals surface area contributed by atoms with Crippen LogP contribution in [-0.4, -0.2) is 31.0 Å². The molecular weight excluding hydrogens is 178 g/mol. The van der Waals surface area contributed by atoms with E-state index in [4.69, 9.17) is 11.6 Å². The van der Waals surface area contributed by atoms with E-state index in [1.165, 1.54) is 7.11 Å². The van der Waals surface area contributed by atoms with Gasteiger partial charge in [-0.3, -0.25) is 4.79 Å². The first-order valence-electron chi connectivity index (χ1n) is 4.07. The second-order valence-corrected chi connectivity index (χ2v) is 3.24. The van der Waals surface area contributed by atoms with Crippen LogP contribution in [0.3, 0.4) is 0 Å². The number of methoxy groups -OCH3 is 1. The number of halogens is 1. The van der Waals surface area contributed by atoms with E-state index >= 15 is 0 Å². The molecule has 0 radical (unpaired) electrons. The van der Waals surface area contributed by atoms with E-state index in [1.807, 2.05) is 6.92 Å². The number of carbonyl (C=O) groups is 1. The van der Waals surface area contributed by atoms with Crippen LogP contribution in [0.1, 0.15) is 20.3 Å². The summed E-state index contributed by atoms with van der Waals surface area (Å²) in [5.74, 6) is -0.382. The Bertz CT molecular complexity index is 141. The lowest BCUT2D eigenvalue weighted by Crippen LogP contribution is -2.35. The Balaban J connectivity index is 3.56. The van der Waals surface area contributed by atoms with Gasteiger partial charge in [0.25, 0.3) is 0 Å². The fourth-order valence-corrected chi connectivity index (χ4v) is 0.838. The van der Waals surface area contributed by atoms with Crippen LogP contribution in [0.15, 0.2) is 0 Å². The Morgan fingerprint density at radius 1 is 1.67 bits per heavy atom. The van der Waals surface area contributed by atoms with Gasteiger partial charge in [-0.2, -0.15) is 0 Å². The quantitative estimate of drug-likeness (QED) is 0.526. The smallest absolute Gasteiger partial charge is 0.325 e. The lowest BCUT2D eigenvalue weighted by atomic mass is 10.2. The third-order valence-corrected chi connectivity index (χ3v) is 2.05. The highest BCUT2D eigenvalue weighted by atomic mass is 35.5. The van der Waals surface area contributed by atoms with Gasteiger partial charge >= 0.3 is 5.97 Å². The minimum atomic E-state index is -0.580. The number of alkyl halides is 1. The van der Waals surface area contributed by atoms with Gasteiger partial charge in [-0.25, -0.2) is 0 Å². The molecule has 0 amide bonds. The molecule has 72 valence electrons. The molecule has 0 saturated carbocycles. The molecule has 0 spiro atoms. The summed E-state index contributed by atoms with van der Waals surface area (Å²) in [5, 5.41) is 2.53. The van der Waals surface area contributed by atoms with Crippen molar-refractivity contribution in [3.8, 4) is 0 Å². The van der Waals surface area contributed by atoms with Crippen molar-refractivity contribution >= 4 is 17.6 Å². The lowest BCUT2D eigenvalue weighted by molar-refractivity contribution is -0.140. The number of esters is 1. The van der Waals surface area contributed by atoms with Gasteiger partial charge in [-0.15, -0.1) is 11.6 Å². The molecule has 0 aliphatic carbocycles. The Hall–Kier alpha value is -0.280. The molecule has 2 unspecified atom stereocenters. The highest BCUT2D eigenvalue weighted by molar-refractivity contribution is 6.30. The van der Waals surface area contributed by atoms with Gasteiger partial charge in [0, 0.05) is 12.6 Å². The Morgan fingerprint density at radius 2 is 2.25 bits per heavy atom. The minimum absolute atomic E-state index is 0.382. The predicted octanol–water partition coefficient (Wildman–Crippen LogP) is 1.15. The number of carbonyl (C=O) groups excluding carboxylic acids is 1. The second kappa shape index (κ2) is 6.26. The summed E-state index contributed by atoms with van der Waals surface area (Å²) in [6, 6.07) is 0.385. The molecule has 2 atom stereocenters. The molecule has 0 heterocycles. The zero-order valence-corrected chi connectivity index (χ0v) is 8.52. The van der Waals surface area contributed by atoms with Crippen molar-refractivity contribution in [3.63, 3.8) is 0 Å². The summed E-state index contributed by atoms with van der Waals surface area (Å²) in [6.45, 7) is 4.57. The van der Waals surface area contributed by atoms with E-state index in [2.05, 4.69) is 17.0 Å². The van der Waals surface area contributed by atoms with Crippen molar-refractivity contribution in [1.82, 2.24) is 5.32 Å². The van der Waals surface area contributed by atoms with Crippen LogP contribution in [0.25, 0.3) is 0 Å². The lowest BCUT2D eigenvalue weighted by Gasteiger charge is -2.13. The van der Waals surface area contributed by atoms with E-state index in [-0.39, 0.29) is 5.97 Å². The summed E-state index contributed by atoms with van der Waals surface area (Å²) >= 11 is 5.70. The van der Waals surface area contributed by atoms with Crippen molar-refractivity contribution in [2.75, 3.05) is 13.7 Å². The number of hydrogen-bond acceptors (Lipinski definition) is 3. The average Bonchev–Trinajstić information content (AvgIpc) is 2.11. The van der Waals surface area contributed by atoms with Crippen LogP contribution in [-0.2, 0) is 9.53 Å². The first kappa shape index (κ1) is 11.7. The molecule has 3 nitrogen and oxygen atoms in total. The van der Waals surface area contributed by atoms with Crippen molar-refractivity contribution < 1.29 is 9.53 Å². The maximum absolute atomic E-state index is 10.8. The normalized spacial score (nSPS) is 15.3. The second-order valence-electron chi connectivity index (χ2n) is 2.71. The minimum Gasteiger partial charge on any atom is -0.468 e. The largest absolute Gasteiger partial charge is 0.468 e. The maximum Gasteiger partial charge on any atom is 0.325 e. The van der Waals surface area contributed by atoms with Crippen molar-refractivity contribution in [1.29, 1.82) is 0 Å². The highest BCUT2D eigenvalue weighted by Gasteiger charge is 2.15. The Labute approximate surface area is 78.4 Å². The van der Waals surface area contributed by atoms with E-state index in [1.54, 1.807) is 0 Å². The summed E-state index contributed by atoms with van der Waals surface area (Å²) < 4.78 is 4.47. The van der Waals surface area contributed by atoms with E-state index in [9.17, 15) is 4.79 Å². The van der Waals surface area contributed by atoms with Crippen molar-refractivity contribution in [2.45, 2.75) is 31.7 Å². The topological polar surface area (TPSA) is 38.3 Å². The summed E-state index contributed by atoms with van der Waals surface area (Å²) in [5.41, 5.74) is 0. The third-order valence-electron chi connectivity index (χ3n) is 1.71. The van der Waals surface area contributed by atoms with Crippen molar-refractivity contribution in [3.05, 3.63) is 0 Å². The van der Waals surface area contributed by atoms with Gasteiger partial charge in [-0.1, -0.05) is 6.92 Å². The SMILES string of the molecule is CCC(C)NCC(Cl)C(=O)OC. The first-order chi connectivity index (χ1) is 5.61. The van der Waals surface area contributed by atoms with Gasteiger partial charge in [0.2, 0.25) is 0 Å². The zero-order chi connectivity index (χ0) is 9.56. The zero-order valence-electron chi connectivity index (χ0n) is 7.76. The van der Waals surface area contributed by atoms with Gasteiger partial charge < -0.3 is 10.1 Å². The molecule has 0 aromatic carbocycles. The number of rotatable bonds is 5. The monoisotopic (exact) mass is 193 g/mol. The van der Waals surface area contributed by atoms with Crippen LogP contribution in [0.5, 0.6) is 0 Å². The molecule has 0 aromatic rings. The number of nitrogens with one attached hydrogen (secondary N) is 1. The van der Waals surface area contributed by atoms with Crippen LogP contribution >= 0.6 is 11.6 Å². The summed E-state index contributed by atoms with van der Waals surface area (Å²) in [7, 11) is 1.33. The van der Waals surface area contributed by atoms with Gasteiger partial charge in [0.1, 0.15) is 5.38 Å². The predicted molar refractivity (Wildman–Crippen MR) is 49.4 cm³/mol. The number of ether oxygens (including phenoxy) is 1.